The standard InChI is InChI=1S/C17H20O/c1-4-15-7-5-6-8-16(15)12-18-17-11-13(2)9-10-14(17)3/h5-11H,4,12H2,1-3H3. The largest absolute Gasteiger partial charge is 0.489 e. The van der Waals surface area contributed by atoms with Gasteiger partial charge >= 0.3 is 0 Å². The summed E-state index contributed by atoms with van der Waals surface area (Å²) < 4.78 is 5.95. The van der Waals surface area contributed by atoms with Crippen molar-refractivity contribution in [2.75, 3.05) is 0 Å². The van der Waals surface area contributed by atoms with Crippen LogP contribution in [0.1, 0.15) is 29.2 Å². The summed E-state index contributed by atoms with van der Waals surface area (Å²) >= 11 is 0. The van der Waals surface area contributed by atoms with Gasteiger partial charge in [-0.15, -0.1) is 0 Å². The van der Waals surface area contributed by atoms with Gasteiger partial charge in [0.15, 0.2) is 0 Å². The summed E-state index contributed by atoms with van der Waals surface area (Å²) in [7, 11) is 0. The average molecular weight is 240 g/mol. The Balaban J connectivity index is 2.14. The number of ether oxygens (including phenoxy) is 1. The molecule has 0 aliphatic carbocycles. The molecule has 0 radical (unpaired) electrons. The van der Waals surface area contributed by atoms with Gasteiger partial charge < -0.3 is 4.74 Å². The Morgan fingerprint density at radius 1 is 0.944 bits per heavy atom. The molecule has 94 valence electrons. The quantitative estimate of drug-likeness (QED) is 0.767. The molecule has 0 aliphatic heterocycles. The van der Waals surface area contributed by atoms with Crippen LogP contribution >= 0.6 is 0 Å². The van der Waals surface area contributed by atoms with Crippen LogP contribution in [0.25, 0.3) is 0 Å². The molecule has 1 nitrogen and oxygen atoms in total. The highest BCUT2D eigenvalue weighted by molar-refractivity contribution is 5.36. The number of hydrogen-bond donors (Lipinski definition) is 0. The van der Waals surface area contributed by atoms with E-state index in [1.807, 2.05) is 0 Å². The molecule has 0 aliphatic rings. The lowest BCUT2D eigenvalue weighted by atomic mass is 10.1. The lowest BCUT2D eigenvalue weighted by Gasteiger charge is -2.12. The van der Waals surface area contributed by atoms with E-state index >= 15 is 0 Å². The van der Waals surface area contributed by atoms with E-state index in [1.54, 1.807) is 0 Å². The van der Waals surface area contributed by atoms with Crippen LogP contribution in [0.15, 0.2) is 42.5 Å². The van der Waals surface area contributed by atoms with Gasteiger partial charge in [-0.1, -0.05) is 43.3 Å². The second-order valence-corrected chi connectivity index (χ2v) is 4.68. The Kier molecular flexibility index (Phi) is 4.03. The van der Waals surface area contributed by atoms with E-state index < -0.39 is 0 Å². The van der Waals surface area contributed by atoms with Crippen molar-refractivity contribution >= 4 is 0 Å². The highest BCUT2D eigenvalue weighted by atomic mass is 16.5. The lowest BCUT2D eigenvalue weighted by molar-refractivity contribution is 0.303. The third-order valence-corrected chi connectivity index (χ3v) is 3.23. The number of benzene rings is 2. The Labute approximate surface area is 109 Å². The molecule has 0 unspecified atom stereocenters. The molecular weight excluding hydrogens is 220 g/mol. The van der Waals surface area contributed by atoms with Crippen LogP contribution in [0.2, 0.25) is 0 Å². The maximum atomic E-state index is 5.95. The highest BCUT2D eigenvalue weighted by Crippen LogP contribution is 2.21. The summed E-state index contributed by atoms with van der Waals surface area (Å²) in [4.78, 5) is 0. The summed E-state index contributed by atoms with van der Waals surface area (Å²) in [5.74, 6) is 0.987. The molecule has 2 rings (SSSR count). The summed E-state index contributed by atoms with van der Waals surface area (Å²) in [6.45, 7) is 7.00. The van der Waals surface area contributed by atoms with Crippen LogP contribution < -0.4 is 4.74 Å². The van der Waals surface area contributed by atoms with Gasteiger partial charge in [-0.25, -0.2) is 0 Å². The fourth-order valence-corrected chi connectivity index (χ4v) is 2.06. The van der Waals surface area contributed by atoms with Crippen LogP contribution in [0, 0.1) is 13.8 Å². The summed E-state index contributed by atoms with van der Waals surface area (Å²) in [6.07, 6.45) is 1.05. The maximum Gasteiger partial charge on any atom is 0.122 e. The van der Waals surface area contributed by atoms with E-state index in [1.165, 1.54) is 22.3 Å². The van der Waals surface area contributed by atoms with E-state index in [4.69, 9.17) is 4.74 Å². The molecule has 0 spiro atoms. The van der Waals surface area contributed by atoms with Gasteiger partial charge in [0, 0.05) is 0 Å². The van der Waals surface area contributed by atoms with Gasteiger partial charge in [0.2, 0.25) is 0 Å². The van der Waals surface area contributed by atoms with E-state index in [0.717, 1.165) is 12.2 Å². The molecule has 0 fully saturated rings. The van der Waals surface area contributed by atoms with Gasteiger partial charge in [0.1, 0.15) is 12.4 Å². The first-order valence-corrected chi connectivity index (χ1v) is 6.47. The van der Waals surface area contributed by atoms with Gasteiger partial charge in [-0.2, -0.15) is 0 Å². The molecule has 2 aromatic rings. The van der Waals surface area contributed by atoms with Crippen molar-refractivity contribution in [1.82, 2.24) is 0 Å². The van der Waals surface area contributed by atoms with Crippen LogP contribution in [-0.2, 0) is 13.0 Å². The fraction of sp³-hybridized carbons (Fsp3) is 0.294. The lowest BCUT2D eigenvalue weighted by Crippen LogP contribution is -2.00. The van der Waals surface area contributed by atoms with Crippen molar-refractivity contribution in [2.24, 2.45) is 0 Å². The Morgan fingerprint density at radius 3 is 2.39 bits per heavy atom. The predicted octanol–water partition coefficient (Wildman–Crippen LogP) is 4.44. The average Bonchev–Trinajstić information content (AvgIpc) is 2.40. The minimum absolute atomic E-state index is 0.647. The van der Waals surface area contributed by atoms with Gasteiger partial charge in [0.25, 0.3) is 0 Å². The van der Waals surface area contributed by atoms with Gasteiger partial charge in [-0.05, 0) is 48.6 Å². The zero-order chi connectivity index (χ0) is 13.0. The Bertz CT molecular complexity index is 529. The molecule has 0 saturated heterocycles. The summed E-state index contributed by atoms with van der Waals surface area (Å²) in [5, 5.41) is 0. The van der Waals surface area contributed by atoms with Crippen LogP contribution in [0.3, 0.4) is 0 Å². The van der Waals surface area contributed by atoms with Crippen molar-refractivity contribution in [3.63, 3.8) is 0 Å². The summed E-state index contributed by atoms with van der Waals surface area (Å²) in [6, 6.07) is 14.8. The molecule has 2 aromatic carbocycles. The highest BCUT2D eigenvalue weighted by Gasteiger charge is 2.03. The van der Waals surface area contributed by atoms with Crippen LogP contribution in [0.5, 0.6) is 5.75 Å². The molecule has 0 atom stereocenters. The molecule has 0 aromatic heterocycles. The van der Waals surface area contributed by atoms with E-state index in [-0.39, 0.29) is 0 Å². The van der Waals surface area contributed by atoms with E-state index in [2.05, 4.69) is 63.2 Å². The summed E-state index contributed by atoms with van der Waals surface area (Å²) in [5.41, 5.74) is 5.07. The normalized spacial score (nSPS) is 10.4. The topological polar surface area (TPSA) is 9.23 Å². The van der Waals surface area contributed by atoms with E-state index in [9.17, 15) is 0 Å². The molecule has 0 bridgehead atoms. The predicted molar refractivity (Wildman–Crippen MR) is 76.1 cm³/mol. The molecule has 0 amide bonds. The monoisotopic (exact) mass is 240 g/mol. The molecule has 0 saturated carbocycles. The van der Waals surface area contributed by atoms with Crippen molar-refractivity contribution in [3.8, 4) is 5.75 Å². The number of rotatable bonds is 4. The minimum atomic E-state index is 0.647. The molecule has 18 heavy (non-hydrogen) atoms. The number of aryl methyl sites for hydroxylation is 3. The first kappa shape index (κ1) is 12.7. The van der Waals surface area contributed by atoms with Crippen molar-refractivity contribution < 1.29 is 4.74 Å². The smallest absolute Gasteiger partial charge is 0.122 e. The Morgan fingerprint density at radius 2 is 1.67 bits per heavy atom. The molecule has 0 N–H and O–H groups in total. The fourth-order valence-electron chi connectivity index (χ4n) is 2.06. The zero-order valence-electron chi connectivity index (χ0n) is 11.4. The number of hydrogen-bond acceptors (Lipinski definition) is 1. The molecular formula is C17H20O. The van der Waals surface area contributed by atoms with Crippen molar-refractivity contribution in [2.45, 2.75) is 33.8 Å². The molecule has 0 heterocycles. The van der Waals surface area contributed by atoms with Crippen molar-refractivity contribution in [1.29, 1.82) is 0 Å². The van der Waals surface area contributed by atoms with Gasteiger partial charge in [-0.3, -0.25) is 0 Å². The maximum absolute atomic E-state index is 5.95. The second kappa shape index (κ2) is 5.72. The Hall–Kier alpha value is -1.76. The third-order valence-electron chi connectivity index (χ3n) is 3.23. The van der Waals surface area contributed by atoms with Crippen molar-refractivity contribution in [3.05, 3.63) is 64.7 Å². The van der Waals surface area contributed by atoms with E-state index in [0.29, 0.717) is 6.61 Å². The first-order chi connectivity index (χ1) is 8.70. The first-order valence-electron chi connectivity index (χ1n) is 6.47. The van der Waals surface area contributed by atoms with Crippen LogP contribution in [0.4, 0.5) is 0 Å². The molecule has 1 heteroatoms. The third kappa shape index (κ3) is 2.92. The van der Waals surface area contributed by atoms with Crippen LogP contribution in [-0.4, -0.2) is 0 Å². The van der Waals surface area contributed by atoms with Gasteiger partial charge in [0.05, 0.1) is 0 Å². The second-order valence-electron chi connectivity index (χ2n) is 4.68. The zero-order valence-corrected chi connectivity index (χ0v) is 11.4. The SMILES string of the molecule is CCc1ccccc1COc1cc(C)ccc1C. The minimum Gasteiger partial charge on any atom is -0.489 e.